The minimum atomic E-state index is -5.39. The van der Waals surface area contributed by atoms with Crippen LogP contribution in [0.1, 0.15) is 329 Å². The maximum Gasteiger partial charge on any atom is 0.0526 e. The van der Waals surface area contributed by atoms with Gasteiger partial charge in [-0.3, -0.25) is 0 Å². The molecule has 0 N–H and O–H groups in total. The molecule has 0 aliphatic heterocycles. The van der Waals surface area contributed by atoms with Gasteiger partial charge >= 0.3 is 0 Å². The topological polar surface area (TPSA) is 86.2 Å². The predicted octanol–water partition coefficient (Wildman–Crippen LogP) is 17.7. The summed E-state index contributed by atoms with van der Waals surface area (Å²) in [4.78, 5) is 25.6. The van der Waals surface area contributed by atoms with Gasteiger partial charge in [0.1, 0.15) is 0 Å². The van der Waals surface area contributed by atoms with Crippen molar-refractivity contribution in [2.75, 3.05) is 18.5 Å². The third-order valence-electron chi connectivity index (χ3n) is 12.3. The highest BCUT2D eigenvalue weighted by Gasteiger charge is 1.97. The van der Waals surface area contributed by atoms with Crippen LogP contribution in [0.25, 0.3) is 0 Å². The van der Waals surface area contributed by atoms with Gasteiger partial charge in [0.05, 0.1) is 18.5 Å². The Labute approximate surface area is 400 Å². The van der Waals surface area contributed by atoms with Gasteiger partial charge in [-0.05, 0) is 66.2 Å². The molecule has 8 heteroatoms. The largest absolute Gasteiger partial charge is 0.822 e. The zero-order valence-electron chi connectivity index (χ0n) is 43.3. The Balaban J connectivity index is -0.000000385. The van der Waals surface area contributed by atoms with Crippen LogP contribution in [0.15, 0.2) is 0 Å². The van der Waals surface area contributed by atoms with E-state index in [1.54, 1.807) is 0 Å². The van der Waals surface area contributed by atoms with Gasteiger partial charge in [0.15, 0.2) is 0 Å². The van der Waals surface area contributed by atoms with Gasteiger partial charge in [-0.2, -0.15) is 7.82 Å². The first kappa shape index (κ1) is 70.0. The van der Waals surface area contributed by atoms with E-state index in [1.165, 1.54) is 327 Å². The van der Waals surface area contributed by atoms with Gasteiger partial charge in [0.2, 0.25) is 0 Å². The van der Waals surface area contributed by atoms with E-state index in [2.05, 4.69) is 48.5 Å². The first-order valence-electron chi connectivity index (χ1n) is 28.4. The summed E-state index contributed by atoms with van der Waals surface area (Å²) in [5.74, 6) is 0. The van der Waals surface area contributed by atoms with Crippen LogP contribution in [0.2, 0.25) is 0 Å². The molecule has 0 aromatic carbocycles. The van der Waals surface area contributed by atoms with Crippen molar-refractivity contribution < 1.29 is 19.2 Å². The zero-order chi connectivity index (χ0) is 46.6. The average Bonchev–Trinajstić information content (AvgIpc) is 3.25. The van der Waals surface area contributed by atoms with E-state index in [0.717, 1.165) is 0 Å². The molecule has 3 unspecified atom stereocenters. The number of phosphoric acid groups is 1. The molecule has 0 saturated carbocycles. The van der Waals surface area contributed by atoms with Crippen LogP contribution in [0, 0.1) is 0 Å². The quantitative estimate of drug-likeness (QED) is 0.0449. The van der Waals surface area contributed by atoms with E-state index in [1.807, 2.05) is 0 Å². The molecule has 0 aliphatic carbocycles. The molecular formula is C54H120O4P4. The van der Waals surface area contributed by atoms with Crippen molar-refractivity contribution >= 4 is 35.5 Å². The fraction of sp³-hybridized carbons (Fsp3) is 1.00. The van der Waals surface area contributed by atoms with Crippen molar-refractivity contribution in [2.24, 2.45) is 0 Å². The molecule has 0 rings (SSSR count). The molecule has 0 aromatic heterocycles. The number of hydrogen-bond acceptors (Lipinski definition) is 4. The summed E-state index contributed by atoms with van der Waals surface area (Å²) in [6, 6.07) is 0. The minimum absolute atomic E-state index is 1.37. The molecular weight excluding hydrogens is 836 g/mol. The fourth-order valence-corrected chi connectivity index (χ4v) is 9.24. The van der Waals surface area contributed by atoms with Crippen LogP contribution in [0.3, 0.4) is 0 Å². The Morgan fingerprint density at radius 3 is 0.387 bits per heavy atom. The van der Waals surface area contributed by atoms with Crippen LogP contribution in [0.4, 0.5) is 0 Å². The third kappa shape index (κ3) is 91.8. The van der Waals surface area contributed by atoms with Gasteiger partial charge in [0, 0.05) is 0 Å². The van der Waals surface area contributed by atoms with Gasteiger partial charge < -0.3 is 19.2 Å². The Kier molecular flexibility index (Phi) is 77.8. The highest BCUT2D eigenvalue weighted by molar-refractivity contribution is 7.40. The summed E-state index contributed by atoms with van der Waals surface area (Å²) in [5, 5.41) is 0. The third-order valence-corrected chi connectivity index (χ3v) is 13.8. The predicted molar refractivity (Wildman–Crippen MR) is 294 cm³/mol. The van der Waals surface area contributed by atoms with Crippen molar-refractivity contribution in [1.82, 2.24) is 0 Å². The van der Waals surface area contributed by atoms with Gasteiger partial charge in [-0.15, -0.1) is 0 Å². The first-order valence-corrected chi connectivity index (χ1v) is 32.8. The molecule has 4 nitrogen and oxygen atoms in total. The maximum atomic E-state index is 8.55. The number of hydrogen-bond donors (Lipinski definition) is 0. The van der Waals surface area contributed by atoms with Gasteiger partial charge in [-0.1, -0.05) is 290 Å². The summed E-state index contributed by atoms with van der Waals surface area (Å²) in [7, 11) is 0.966. The second kappa shape index (κ2) is 69.0. The molecule has 62 heavy (non-hydrogen) atoms. The van der Waals surface area contributed by atoms with Crippen LogP contribution >= 0.6 is 35.5 Å². The Hall–Kier alpha value is 1.40. The fourth-order valence-electron chi connectivity index (χ4n) is 8.17. The van der Waals surface area contributed by atoms with E-state index in [0.29, 0.717) is 0 Å². The molecule has 0 bridgehead atoms. The van der Waals surface area contributed by atoms with Gasteiger partial charge in [0.25, 0.3) is 0 Å². The van der Waals surface area contributed by atoms with Crippen molar-refractivity contribution in [2.45, 2.75) is 329 Å². The Morgan fingerprint density at radius 1 is 0.226 bits per heavy atom. The van der Waals surface area contributed by atoms with E-state index >= 15 is 0 Å². The summed E-state index contributed by atoms with van der Waals surface area (Å²) in [5.41, 5.74) is 0. The minimum Gasteiger partial charge on any atom is -0.822 e. The first-order chi connectivity index (χ1) is 30.2. The van der Waals surface area contributed by atoms with E-state index in [9.17, 15) is 0 Å². The highest BCUT2D eigenvalue weighted by atomic mass is 31.2. The lowest BCUT2D eigenvalue weighted by Gasteiger charge is -2.36. The van der Waals surface area contributed by atoms with Crippen LogP contribution in [0.5, 0.6) is 0 Å². The SMILES string of the molecule is CCCCCCCCCCCCCCCCCC[PH3+].CCCCCCCCCCCCCCCCCC[PH3+].CCCCCCCCCCCCCCCCCC[PH3+].O=P([O-])([O-])[O-]. The van der Waals surface area contributed by atoms with E-state index < -0.39 is 7.82 Å². The van der Waals surface area contributed by atoms with Crippen molar-refractivity contribution in [1.29, 1.82) is 0 Å². The Bertz CT molecular complexity index is 617. The summed E-state index contributed by atoms with van der Waals surface area (Å²) >= 11 is 0. The molecule has 0 amide bonds. The lowest BCUT2D eigenvalue weighted by atomic mass is 10.0. The summed E-state index contributed by atoms with van der Waals surface area (Å²) in [6.07, 6.45) is 74.9. The molecule has 0 aliphatic rings. The highest BCUT2D eigenvalue weighted by Crippen LogP contribution is 2.17. The normalized spacial score (nSPS) is 11.3. The molecule has 0 aromatic rings. The van der Waals surface area contributed by atoms with E-state index in [4.69, 9.17) is 19.2 Å². The molecule has 0 heterocycles. The summed E-state index contributed by atoms with van der Waals surface area (Å²) in [6.45, 7) is 6.89. The summed E-state index contributed by atoms with van der Waals surface area (Å²) < 4.78 is 8.55. The van der Waals surface area contributed by atoms with E-state index in [-0.39, 0.29) is 0 Å². The lowest BCUT2D eigenvalue weighted by molar-refractivity contribution is -0.432. The molecule has 380 valence electrons. The molecule has 0 radical (unpaired) electrons. The molecule has 0 saturated heterocycles. The van der Waals surface area contributed by atoms with Crippen LogP contribution in [-0.4, -0.2) is 18.5 Å². The van der Waals surface area contributed by atoms with Crippen molar-refractivity contribution in [3.63, 3.8) is 0 Å². The van der Waals surface area contributed by atoms with Gasteiger partial charge in [-0.25, -0.2) is 0 Å². The smallest absolute Gasteiger partial charge is 0.0526 e. The lowest BCUT2D eigenvalue weighted by Crippen LogP contribution is -2.24. The molecule has 3 atom stereocenters. The molecule has 0 spiro atoms. The Morgan fingerprint density at radius 2 is 0.306 bits per heavy atom. The standard InChI is InChI=1S/3C18H39P.H3O4P/c3*1-2-3-4-5-6-7-8-9-10-11-12-13-14-15-16-17-18-19;1-5(2,3)4/h3*2-19H2,1H3;(H3,1,2,3,4). The maximum absolute atomic E-state index is 8.55. The van der Waals surface area contributed by atoms with Crippen molar-refractivity contribution in [3.05, 3.63) is 0 Å². The average molecular weight is 957 g/mol. The number of rotatable bonds is 48. The monoisotopic (exact) mass is 957 g/mol. The molecule has 0 fully saturated rings. The second-order valence-corrected chi connectivity index (χ2v) is 21.9. The number of unbranched alkanes of at least 4 members (excludes halogenated alkanes) is 45. The second-order valence-electron chi connectivity index (χ2n) is 18.9. The van der Waals surface area contributed by atoms with Crippen molar-refractivity contribution in [3.8, 4) is 0 Å². The van der Waals surface area contributed by atoms with Crippen LogP contribution < -0.4 is 14.7 Å². The zero-order valence-corrected chi connectivity index (χ0v) is 48.4. The van der Waals surface area contributed by atoms with Crippen LogP contribution in [-0.2, 0) is 4.57 Å².